The summed E-state index contributed by atoms with van der Waals surface area (Å²) in [5, 5.41) is 2.84. The van der Waals surface area contributed by atoms with Crippen molar-refractivity contribution in [3.05, 3.63) is 28.5 Å². The Morgan fingerprint density at radius 1 is 1.30 bits per heavy atom. The van der Waals surface area contributed by atoms with Crippen LogP contribution >= 0.6 is 24.0 Å². The number of alkyl halides is 3. The number of hydrogen-bond donors (Lipinski definition) is 1. The van der Waals surface area contributed by atoms with E-state index in [1.165, 1.54) is 4.90 Å². The van der Waals surface area contributed by atoms with Crippen LogP contribution in [0.15, 0.2) is 12.1 Å². The summed E-state index contributed by atoms with van der Waals surface area (Å²) in [7, 11) is 0. The molecule has 132 valence electrons. The van der Waals surface area contributed by atoms with Gasteiger partial charge >= 0.3 is 6.18 Å². The van der Waals surface area contributed by atoms with Crippen LogP contribution in [0.25, 0.3) is 0 Å². The highest BCUT2D eigenvalue weighted by atomic mass is 35.5. The lowest BCUT2D eigenvalue weighted by Crippen LogP contribution is -2.49. The number of hydrogen-bond acceptors (Lipinski definition) is 3. The standard InChI is InChI=1S/C14H17ClF4N2O.ClH/c1-2-22-12-10(15)7-9(8-11(12)16)13(14(17,18)19)21-5-3-20-4-6-21;/h7-8,13,20H,2-6H2,1H3;1H/t13-;/m1./s1. The lowest BCUT2D eigenvalue weighted by atomic mass is 10.0. The molecule has 0 saturated carbocycles. The van der Waals surface area contributed by atoms with E-state index in [-0.39, 0.29) is 48.4 Å². The number of nitrogens with zero attached hydrogens (tertiary/aromatic N) is 1. The first kappa shape index (κ1) is 20.3. The van der Waals surface area contributed by atoms with Crippen molar-refractivity contribution < 1.29 is 22.3 Å². The summed E-state index contributed by atoms with van der Waals surface area (Å²) in [6.45, 7) is 3.20. The monoisotopic (exact) mass is 376 g/mol. The van der Waals surface area contributed by atoms with Crippen molar-refractivity contribution >= 4 is 24.0 Å². The van der Waals surface area contributed by atoms with E-state index in [4.69, 9.17) is 16.3 Å². The number of nitrogens with one attached hydrogen (secondary N) is 1. The van der Waals surface area contributed by atoms with Gasteiger partial charge < -0.3 is 10.1 Å². The molecular formula is C14H18Cl2F4N2O. The van der Waals surface area contributed by atoms with E-state index in [9.17, 15) is 17.6 Å². The Morgan fingerprint density at radius 3 is 2.39 bits per heavy atom. The first-order valence-electron chi connectivity index (χ1n) is 6.97. The van der Waals surface area contributed by atoms with Gasteiger partial charge in [-0.05, 0) is 24.6 Å². The quantitative estimate of drug-likeness (QED) is 0.808. The number of piperazine rings is 1. The lowest BCUT2D eigenvalue weighted by molar-refractivity contribution is -0.187. The predicted octanol–water partition coefficient (Wildman–Crippen LogP) is 3.81. The average Bonchev–Trinajstić information content (AvgIpc) is 2.43. The molecule has 1 N–H and O–H groups in total. The Bertz CT molecular complexity index is 499. The summed E-state index contributed by atoms with van der Waals surface area (Å²) in [4.78, 5) is 1.28. The van der Waals surface area contributed by atoms with Crippen LogP contribution < -0.4 is 10.1 Å². The Balaban J connectivity index is 0.00000264. The maximum Gasteiger partial charge on any atom is 0.408 e. The van der Waals surface area contributed by atoms with Crippen LogP contribution in [0.4, 0.5) is 17.6 Å². The summed E-state index contributed by atoms with van der Waals surface area (Å²) in [5.74, 6) is -1.09. The number of halogens is 6. The van der Waals surface area contributed by atoms with Gasteiger partial charge in [0.05, 0.1) is 11.6 Å². The Morgan fingerprint density at radius 2 is 1.91 bits per heavy atom. The Hall–Kier alpha value is -0.760. The van der Waals surface area contributed by atoms with Crippen molar-refractivity contribution in [2.24, 2.45) is 0 Å². The fourth-order valence-corrected chi connectivity index (χ4v) is 2.84. The van der Waals surface area contributed by atoms with Gasteiger partial charge in [-0.15, -0.1) is 12.4 Å². The van der Waals surface area contributed by atoms with Gasteiger partial charge in [0.25, 0.3) is 0 Å². The third-order valence-corrected chi connectivity index (χ3v) is 3.73. The molecule has 23 heavy (non-hydrogen) atoms. The van der Waals surface area contributed by atoms with Gasteiger partial charge in [0, 0.05) is 26.2 Å². The highest BCUT2D eigenvalue weighted by molar-refractivity contribution is 6.32. The second kappa shape index (κ2) is 8.37. The molecule has 1 aromatic carbocycles. The van der Waals surface area contributed by atoms with Crippen LogP contribution in [0, 0.1) is 5.82 Å². The van der Waals surface area contributed by atoms with Crippen LogP contribution in [-0.4, -0.2) is 43.9 Å². The number of ether oxygens (including phenoxy) is 1. The van der Waals surface area contributed by atoms with Crippen LogP contribution in [0.1, 0.15) is 18.5 Å². The van der Waals surface area contributed by atoms with E-state index >= 15 is 0 Å². The van der Waals surface area contributed by atoms with Crippen molar-refractivity contribution in [2.45, 2.75) is 19.1 Å². The molecule has 1 atom stereocenters. The van der Waals surface area contributed by atoms with Crippen molar-refractivity contribution in [3.63, 3.8) is 0 Å². The molecule has 1 fully saturated rings. The van der Waals surface area contributed by atoms with E-state index in [0.717, 1.165) is 12.1 Å². The fourth-order valence-electron chi connectivity index (χ4n) is 2.57. The highest BCUT2D eigenvalue weighted by Crippen LogP contribution is 2.41. The molecule has 0 unspecified atom stereocenters. The van der Waals surface area contributed by atoms with Gasteiger partial charge in [-0.3, -0.25) is 4.90 Å². The number of rotatable bonds is 4. The SMILES string of the molecule is CCOc1c(F)cc([C@@H](N2CCNCC2)C(F)(F)F)cc1Cl.Cl. The van der Waals surface area contributed by atoms with Crippen molar-refractivity contribution in [1.82, 2.24) is 10.2 Å². The molecule has 0 spiro atoms. The molecule has 0 aromatic heterocycles. The van der Waals surface area contributed by atoms with E-state index in [2.05, 4.69) is 5.32 Å². The van der Waals surface area contributed by atoms with E-state index in [1.54, 1.807) is 6.92 Å². The van der Waals surface area contributed by atoms with E-state index < -0.39 is 18.0 Å². The zero-order chi connectivity index (χ0) is 16.3. The molecule has 0 radical (unpaired) electrons. The van der Waals surface area contributed by atoms with Crippen molar-refractivity contribution in [2.75, 3.05) is 32.8 Å². The molecule has 1 aromatic rings. The average molecular weight is 377 g/mol. The Kier molecular flexibility index (Phi) is 7.38. The maximum atomic E-state index is 14.0. The first-order valence-corrected chi connectivity index (χ1v) is 7.35. The van der Waals surface area contributed by atoms with E-state index in [0.29, 0.717) is 13.1 Å². The minimum absolute atomic E-state index is 0. The van der Waals surface area contributed by atoms with Crippen molar-refractivity contribution in [1.29, 1.82) is 0 Å². The molecule has 1 heterocycles. The summed E-state index contributed by atoms with van der Waals surface area (Å²) >= 11 is 5.88. The minimum atomic E-state index is -4.51. The molecular weight excluding hydrogens is 359 g/mol. The van der Waals surface area contributed by atoms with Crippen LogP contribution in [0.3, 0.4) is 0 Å². The molecule has 0 aliphatic carbocycles. The second-order valence-corrected chi connectivity index (χ2v) is 5.38. The zero-order valence-corrected chi connectivity index (χ0v) is 14.0. The minimum Gasteiger partial charge on any atom is -0.489 e. The van der Waals surface area contributed by atoms with Gasteiger partial charge in [-0.1, -0.05) is 11.6 Å². The summed E-state index contributed by atoms with van der Waals surface area (Å²) in [5.41, 5.74) is -0.208. The van der Waals surface area contributed by atoms with Gasteiger partial charge in [-0.2, -0.15) is 13.2 Å². The van der Waals surface area contributed by atoms with Crippen molar-refractivity contribution in [3.8, 4) is 5.75 Å². The van der Waals surface area contributed by atoms with Crippen LogP contribution in [0.2, 0.25) is 5.02 Å². The topological polar surface area (TPSA) is 24.5 Å². The number of benzene rings is 1. The molecule has 0 bridgehead atoms. The molecule has 0 amide bonds. The third-order valence-electron chi connectivity index (χ3n) is 3.45. The van der Waals surface area contributed by atoms with Crippen LogP contribution in [0.5, 0.6) is 5.75 Å². The second-order valence-electron chi connectivity index (χ2n) is 4.98. The molecule has 3 nitrogen and oxygen atoms in total. The summed E-state index contributed by atoms with van der Waals surface area (Å²) in [6, 6.07) is 0.115. The van der Waals surface area contributed by atoms with Gasteiger partial charge in [0.15, 0.2) is 11.6 Å². The smallest absolute Gasteiger partial charge is 0.408 e. The maximum absolute atomic E-state index is 14.0. The molecule has 9 heteroatoms. The van der Waals surface area contributed by atoms with Gasteiger partial charge in [0.1, 0.15) is 6.04 Å². The molecule has 1 aliphatic rings. The zero-order valence-electron chi connectivity index (χ0n) is 12.4. The largest absolute Gasteiger partial charge is 0.489 e. The summed E-state index contributed by atoms with van der Waals surface area (Å²) in [6.07, 6.45) is -4.51. The van der Waals surface area contributed by atoms with Gasteiger partial charge in [0.2, 0.25) is 0 Å². The van der Waals surface area contributed by atoms with Gasteiger partial charge in [-0.25, -0.2) is 4.39 Å². The molecule has 1 saturated heterocycles. The molecule has 1 aliphatic heterocycles. The normalized spacial score (nSPS) is 17.5. The molecule has 2 rings (SSSR count). The van der Waals surface area contributed by atoms with Crippen LogP contribution in [-0.2, 0) is 0 Å². The highest BCUT2D eigenvalue weighted by Gasteiger charge is 2.45. The van der Waals surface area contributed by atoms with E-state index in [1.807, 2.05) is 0 Å². The fraction of sp³-hybridized carbons (Fsp3) is 0.571. The lowest BCUT2D eigenvalue weighted by Gasteiger charge is -2.36. The third kappa shape index (κ3) is 4.86. The Labute approximate surface area is 143 Å². The predicted molar refractivity (Wildman–Crippen MR) is 83.1 cm³/mol. The first-order chi connectivity index (χ1) is 10.3. The summed E-state index contributed by atoms with van der Waals surface area (Å²) < 4.78 is 59.4.